The van der Waals surface area contributed by atoms with Gasteiger partial charge in [-0.05, 0) is 12.1 Å². The fourth-order valence-corrected chi connectivity index (χ4v) is 2.91. The van der Waals surface area contributed by atoms with Crippen LogP contribution in [-0.4, -0.2) is 20.7 Å². The van der Waals surface area contributed by atoms with Crippen LogP contribution in [0.4, 0.5) is 5.69 Å². The molecule has 0 saturated heterocycles. The lowest BCUT2D eigenvalue weighted by Crippen LogP contribution is -2.14. The highest BCUT2D eigenvalue weighted by atomic mass is 35.5. The summed E-state index contributed by atoms with van der Waals surface area (Å²) in [7, 11) is -2.14. The highest BCUT2D eigenvalue weighted by Gasteiger charge is 2.16. The molecule has 1 heterocycles. The average molecular weight is 326 g/mol. The fourth-order valence-electron chi connectivity index (χ4n) is 2.19. The highest BCUT2D eigenvalue weighted by Crippen LogP contribution is 2.36. The maximum absolute atomic E-state index is 11.6. The van der Waals surface area contributed by atoms with Crippen LogP contribution in [0.1, 0.15) is 0 Å². The SMILES string of the molecule is COc1cc2c(cc1NS(=O)(=O)CCl)oc1ccccc12. The van der Waals surface area contributed by atoms with Crippen molar-refractivity contribution in [2.24, 2.45) is 0 Å². The number of methoxy groups -OCH3 is 1. The molecule has 3 rings (SSSR count). The zero-order chi connectivity index (χ0) is 15.0. The third-order valence-electron chi connectivity index (χ3n) is 3.11. The number of anilines is 1. The van der Waals surface area contributed by atoms with Gasteiger partial charge in [0.1, 0.15) is 22.1 Å². The summed E-state index contributed by atoms with van der Waals surface area (Å²) in [4.78, 5) is 0. The Hall–Kier alpha value is -1.92. The van der Waals surface area contributed by atoms with Crippen molar-refractivity contribution in [1.29, 1.82) is 0 Å². The van der Waals surface area contributed by atoms with Crippen molar-refractivity contribution < 1.29 is 17.6 Å². The minimum absolute atomic E-state index is 0.296. The number of nitrogens with one attached hydrogen (secondary N) is 1. The molecule has 0 aliphatic heterocycles. The summed E-state index contributed by atoms with van der Waals surface area (Å²) in [5, 5.41) is 1.27. The number of ether oxygens (including phenoxy) is 1. The molecule has 3 aromatic rings. The Bertz CT molecular complexity index is 917. The Kier molecular flexibility index (Phi) is 3.43. The van der Waals surface area contributed by atoms with E-state index in [0.29, 0.717) is 17.0 Å². The number of rotatable bonds is 4. The van der Waals surface area contributed by atoms with E-state index < -0.39 is 15.2 Å². The van der Waals surface area contributed by atoms with Crippen LogP contribution in [-0.2, 0) is 10.0 Å². The monoisotopic (exact) mass is 325 g/mol. The molecule has 1 N–H and O–H groups in total. The van der Waals surface area contributed by atoms with E-state index in [1.807, 2.05) is 24.3 Å². The van der Waals surface area contributed by atoms with E-state index >= 15 is 0 Å². The Morgan fingerprint density at radius 3 is 2.67 bits per heavy atom. The first-order chi connectivity index (χ1) is 10.0. The number of hydrogen-bond acceptors (Lipinski definition) is 4. The molecule has 0 saturated carbocycles. The van der Waals surface area contributed by atoms with Gasteiger partial charge >= 0.3 is 0 Å². The molecule has 0 bridgehead atoms. The van der Waals surface area contributed by atoms with E-state index in [4.69, 9.17) is 20.8 Å². The van der Waals surface area contributed by atoms with Crippen molar-refractivity contribution in [3.8, 4) is 5.75 Å². The predicted octanol–water partition coefficient (Wildman–Crippen LogP) is 3.53. The number of para-hydroxylation sites is 1. The molecule has 0 amide bonds. The van der Waals surface area contributed by atoms with E-state index in [1.54, 1.807) is 12.1 Å². The molecule has 0 aliphatic rings. The summed E-state index contributed by atoms with van der Waals surface area (Å²) >= 11 is 5.41. The summed E-state index contributed by atoms with van der Waals surface area (Å²) in [5.74, 6) is 0.405. The minimum Gasteiger partial charge on any atom is -0.495 e. The van der Waals surface area contributed by atoms with Crippen molar-refractivity contribution in [1.82, 2.24) is 0 Å². The van der Waals surface area contributed by atoms with Crippen LogP contribution < -0.4 is 9.46 Å². The first-order valence-corrected chi connectivity index (χ1v) is 8.28. The summed E-state index contributed by atoms with van der Waals surface area (Å²) in [6.45, 7) is 0. The zero-order valence-corrected chi connectivity index (χ0v) is 12.7. The normalized spacial score (nSPS) is 11.9. The summed E-state index contributed by atoms with van der Waals surface area (Å²) in [5.41, 5.74) is 1.60. The average Bonchev–Trinajstić information content (AvgIpc) is 2.83. The highest BCUT2D eigenvalue weighted by molar-refractivity contribution is 7.93. The standard InChI is InChI=1S/C14H12ClNO4S/c1-19-14-6-10-9-4-2-3-5-12(9)20-13(10)7-11(14)16-21(17,18)8-15/h2-7,16H,8H2,1H3. The number of hydrogen-bond donors (Lipinski definition) is 1. The van der Waals surface area contributed by atoms with Crippen molar-refractivity contribution >= 4 is 49.3 Å². The van der Waals surface area contributed by atoms with Crippen LogP contribution in [0.2, 0.25) is 0 Å². The number of benzene rings is 2. The second kappa shape index (κ2) is 5.13. The van der Waals surface area contributed by atoms with Crippen LogP contribution >= 0.6 is 11.6 Å². The van der Waals surface area contributed by atoms with Gasteiger partial charge in [-0.15, -0.1) is 11.6 Å². The molecular formula is C14H12ClNO4S. The molecule has 0 aliphatic carbocycles. The van der Waals surface area contributed by atoms with Crippen molar-refractivity contribution in [3.05, 3.63) is 36.4 Å². The van der Waals surface area contributed by atoms with Gasteiger partial charge < -0.3 is 9.15 Å². The first kappa shape index (κ1) is 14.0. The van der Waals surface area contributed by atoms with Gasteiger partial charge in [-0.3, -0.25) is 4.72 Å². The number of alkyl halides is 1. The third-order valence-corrected chi connectivity index (χ3v) is 4.79. The Morgan fingerprint density at radius 1 is 1.19 bits per heavy atom. The van der Waals surface area contributed by atoms with Crippen LogP contribution in [0.3, 0.4) is 0 Å². The van der Waals surface area contributed by atoms with E-state index in [9.17, 15) is 8.42 Å². The maximum Gasteiger partial charge on any atom is 0.246 e. The molecular weight excluding hydrogens is 314 g/mol. The van der Waals surface area contributed by atoms with Gasteiger partial charge in [-0.2, -0.15) is 0 Å². The lowest BCUT2D eigenvalue weighted by atomic mass is 10.1. The fraction of sp³-hybridized carbons (Fsp3) is 0.143. The van der Waals surface area contributed by atoms with Gasteiger partial charge in [0.05, 0.1) is 12.8 Å². The molecule has 0 atom stereocenters. The molecule has 21 heavy (non-hydrogen) atoms. The van der Waals surface area contributed by atoms with Gasteiger partial charge in [0.15, 0.2) is 0 Å². The molecule has 0 unspecified atom stereocenters. The summed E-state index contributed by atoms with van der Waals surface area (Å²) < 4.78 is 36.6. The largest absolute Gasteiger partial charge is 0.495 e. The zero-order valence-electron chi connectivity index (χ0n) is 11.1. The van der Waals surface area contributed by atoms with Crippen LogP contribution in [0.25, 0.3) is 21.9 Å². The number of halogens is 1. The molecule has 110 valence electrons. The Labute approximate surface area is 126 Å². The Balaban J connectivity index is 2.24. The second-order valence-corrected chi connectivity index (χ2v) is 6.78. The lowest BCUT2D eigenvalue weighted by molar-refractivity contribution is 0.417. The van der Waals surface area contributed by atoms with Gasteiger partial charge in [0.2, 0.25) is 10.0 Å². The number of fused-ring (bicyclic) bond motifs is 3. The number of furan rings is 1. The van der Waals surface area contributed by atoms with Gasteiger partial charge in [-0.25, -0.2) is 8.42 Å². The van der Waals surface area contributed by atoms with Gasteiger partial charge in [0.25, 0.3) is 0 Å². The van der Waals surface area contributed by atoms with Crippen molar-refractivity contribution in [3.63, 3.8) is 0 Å². The summed E-state index contributed by atoms with van der Waals surface area (Å²) in [6.07, 6.45) is 0. The molecule has 2 aromatic carbocycles. The van der Waals surface area contributed by atoms with E-state index in [1.165, 1.54) is 7.11 Å². The van der Waals surface area contributed by atoms with Gasteiger partial charge in [0, 0.05) is 16.8 Å². The van der Waals surface area contributed by atoms with Crippen LogP contribution in [0.5, 0.6) is 5.75 Å². The third kappa shape index (κ3) is 2.52. The maximum atomic E-state index is 11.6. The Morgan fingerprint density at radius 2 is 1.95 bits per heavy atom. The molecule has 0 spiro atoms. The van der Waals surface area contributed by atoms with Crippen LogP contribution in [0, 0.1) is 0 Å². The molecule has 0 radical (unpaired) electrons. The van der Waals surface area contributed by atoms with E-state index in [0.717, 1.165) is 16.4 Å². The quantitative estimate of drug-likeness (QED) is 0.745. The molecule has 0 fully saturated rings. The molecule has 1 aromatic heterocycles. The summed E-state index contributed by atoms with van der Waals surface area (Å²) in [6, 6.07) is 10.9. The molecule has 5 nitrogen and oxygen atoms in total. The van der Waals surface area contributed by atoms with Gasteiger partial charge in [-0.1, -0.05) is 18.2 Å². The van der Waals surface area contributed by atoms with E-state index in [2.05, 4.69) is 4.72 Å². The second-order valence-electron chi connectivity index (χ2n) is 4.47. The smallest absolute Gasteiger partial charge is 0.246 e. The molecule has 7 heteroatoms. The first-order valence-electron chi connectivity index (χ1n) is 6.10. The predicted molar refractivity (Wildman–Crippen MR) is 83.5 cm³/mol. The minimum atomic E-state index is -3.61. The van der Waals surface area contributed by atoms with Crippen LogP contribution in [0.15, 0.2) is 40.8 Å². The van der Waals surface area contributed by atoms with Crippen molar-refractivity contribution in [2.75, 3.05) is 17.0 Å². The number of sulfonamides is 1. The van der Waals surface area contributed by atoms with E-state index in [-0.39, 0.29) is 0 Å². The topological polar surface area (TPSA) is 68.5 Å². The lowest BCUT2D eigenvalue weighted by Gasteiger charge is -2.10. The van der Waals surface area contributed by atoms with Crippen molar-refractivity contribution in [2.45, 2.75) is 0 Å².